The van der Waals surface area contributed by atoms with Crippen molar-refractivity contribution in [2.45, 2.75) is 90.3 Å². The molecule has 0 saturated carbocycles. The normalized spacial score (nSPS) is 44.9. The van der Waals surface area contributed by atoms with Gasteiger partial charge in [0.15, 0.2) is 0 Å². The molecule has 2 saturated heterocycles. The number of ether oxygens (including phenoxy) is 2. The maximum atomic E-state index is 13.2. The monoisotopic (exact) mass is 512 g/mol. The average molecular weight is 513 g/mol. The lowest BCUT2D eigenvalue weighted by Crippen LogP contribution is -2.33. The highest BCUT2D eigenvalue weighted by atomic mass is 16.6. The predicted octanol–water partition coefficient (Wildman–Crippen LogP) is 3.70. The molecule has 4 rings (SSSR count). The smallest absolute Gasteiger partial charge is 0.334 e. The lowest BCUT2D eigenvalue weighted by molar-refractivity contribution is -0.143. The Bertz CT molecular complexity index is 1060. The largest absolute Gasteiger partial charge is 0.457 e. The van der Waals surface area contributed by atoms with Crippen molar-refractivity contribution in [1.29, 1.82) is 0 Å². The second-order valence-corrected chi connectivity index (χ2v) is 11.4. The molecule has 7 nitrogen and oxygen atoms in total. The minimum atomic E-state index is -0.867. The summed E-state index contributed by atoms with van der Waals surface area (Å²) in [7, 11) is 0. The molecule has 4 aliphatic rings. The summed E-state index contributed by atoms with van der Waals surface area (Å²) >= 11 is 0. The second-order valence-electron chi connectivity index (χ2n) is 11.4. The molecule has 202 valence electrons. The van der Waals surface area contributed by atoms with E-state index in [1.807, 2.05) is 33.8 Å². The van der Waals surface area contributed by atoms with Gasteiger partial charge < -0.3 is 24.8 Å². The molecule has 0 amide bonds. The molecule has 0 aromatic heterocycles. The standard InChI is InChI=1S/C30H40O7/c1-15-6-8-20(17(3)12-25-27(23(32)10-15)19(5)29(34)36-25)14-21-28-24(33)11-16(2)7-9-22(31)18(4)13-26(28)37-30(21)35/h10-13,20-28,31-33H,5-9,14H2,1-4H3/b15-10+,16-11+,17-12+,18-13+/t20-,21-,22+,23-,24-,25+,26+,27+,28+/m1/s1. The van der Waals surface area contributed by atoms with Crippen molar-refractivity contribution in [1.82, 2.24) is 0 Å². The molecule has 9 atom stereocenters. The molecule has 2 fully saturated rings. The average Bonchev–Trinajstić information content (AvgIpc) is 3.27. The van der Waals surface area contributed by atoms with E-state index in [-0.39, 0.29) is 17.5 Å². The fourth-order valence-corrected chi connectivity index (χ4v) is 6.22. The number of aliphatic hydroxyl groups is 3. The van der Waals surface area contributed by atoms with Crippen LogP contribution in [0.1, 0.15) is 59.8 Å². The highest BCUT2D eigenvalue weighted by molar-refractivity contribution is 5.91. The summed E-state index contributed by atoms with van der Waals surface area (Å²) < 4.78 is 11.3. The van der Waals surface area contributed by atoms with Crippen LogP contribution in [0.4, 0.5) is 0 Å². The molecular formula is C30H40O7. The Hall–Kier alpha value is -2.48. The first-order valence-electron chi connectivity index (χ1n) is 13.3. The summed E-state index contributed by atoms with van der Waals surface area (Å²) in [4.78, 5) is 25.5. The van der Waals surface area contributed by atoms with Crippen molar-refractivity contribution >= 4 is 11.9 Å². The van der Waals surface area contributed by atoms with Crippen molar-refractivity contribution in [2.24, 2.45) is 23.7 Å². The van der Waals surface area contributed by atoms with Crippen LogP contribution in [-0.2, 0) is 19.1 Å². The third-order valence-electron chi connectivity index (χ3n) is 8.60. The Kier molecular flexibility index (Phi) is 8.26. The molecule has 0 aromatic carbocycles. The number of allylic oxidation sites excluding steroid dienone is 3. The lowest BCUT2D eigenvalue weighted by Gasteiger charge is -2.29. The van der Waals surface area contributed by atoms with E-state index in [2.05, 4.69) is 6.58 Å². The predicted molar refractivity (Wildman–Crippen MR) is 139 cm³/mol. The van der Waals surface area contributed by atoms with Crippen LogP contribution in [0, 0.1) is 23.7 Å². The highest BCUT2D eigenvalue weighted by Crippen LogP contribution is 2.42. The van der Waals surface area contributed by atoms with Crippen LogP contribution < -0.4 is 0 Å². The molecule has 0 bridgehead atoms. The Balaban J connectivity index is 1.66. The number of esters is 2. The van der Waals surface area contributed by atoms with Crippen molar-refractivity contribution in [2.75, 3.05) is 0 Å². The Morgan fingerprint density at radius 3 is 2.16 bits per heavy atom. The van der Waals surface area contributed by atoms with Crippen molar-refractivity contribution in [3.8, 4) is 0 Å². The zero-order valence-corrected chi connectivity index (χ0v) is 22.2. The Morgan fingerprint density at radius 2 is 1.46 bits per heavy atom. The zero-order valence-electron chi connectivity index (χ0n) is 22.2. The van der Waals surface area contributed by atoms with Gasteiger partial charge in [0, 0.05) is 11.5 Å². The van der Waals surface area contributed by atoms with E-state index in [1.165, 1.54) is 0 Å². The minimum Gasteiger partial charge on any atom is -0.457 e. The quantitative estimate of drug-likeness (QED) is 0.294. The first kappa shape index (κ1) is 27.6. The topological polar surface area (TPSA) is 113 Å². The van der Waals surface area contributed by atoms with Crippen LogP contribution in [0.3, 0.4) is 0 Å². The van der Waals surface area contributed by atoms with E-state index in [0.29, 0.717) is 25.7 Å². The van der Waals surface area contributed by atoms with Crippen LogP contribution >= 0.6 is 0 Å². The maximum absolute atomic E-state index is 13.2. The van der Waals surface area contributed by atoms with Crippen molar-refractivity contribution < 1.29 is 34.4 Å². The van der Waals surface area contributed by atoms with Crippen LogP contribution in [0.15, 0.2) is 58.7 Å². The first-order valence-corrected chi connectivity index (χ1v) is 13.3. The summed E-state index contributed by atoms with van der Waals surface area (Å²) in [5.74, 6) is -2.42. The summed E-state index contributed by atoms with van der Waals surface area (Å²) in [6, 6.07) is 0. The molecule has 0 radical (unpaired) electrons. The van der Waals surface area contributed by atoms with Gasteiger partial charge in [0.05, 0.1) is 30.1 Å². The van der Waals surface area contributed by atoms with E-state index >= 15 is 0 Å². The molecule has 0 unspecified atom stereocenters. The number of hydrogen-bond acceptors (Lipinski definition) is 7. The maximum Gasteiger partial charge on any atom is 0.334 e. The SMILES string of the molecule is C=C1C(=O)O[C@H]2/C=C(\C)[C@@H](C[C@H]3C(=O)O[C@H]4/C=C(\C)[C@@H](O)CC/C(C)=C/[C@@H](O)[C@@H]43)CC/C(C)=C/[C@@H](O)[C@H]12. The van der Waals surface area contributed by atoms with Crippen molar-refractivity contribution in [3.05, 3.63) is 58.7 Å². The van der Waals surface area contributed by atoms with Gasteiger partial charge >= 0.3 is 11.9 Å². The molecule has 37 heavy (non-hydrogen) atoms. The lowest BCUT2D eigenvalue weighted by atomic mass is 9.75. The van der Waals surface area contributed by atoms with Gasteiger partial charge in [0.1, 0.15) is 12.2 Å². The third kappa shape index (κ3) is 5.84. The highest BCUT2D eigenvalue weighted by Gasteiger charge is 2.48. The fourth-order valence-electron chi connectivity index (χ4n) is 6.22. The van der Waals surface area contributed by atoms with Crippen LogP contribution in [0.2, 0.25) is 0 Å². The van der Waals surface area contributed by atoms with Crippen LogP contribution in [0.25, 0.3) is 0 Å². The molecule has 0 aromatic rings. The number of rotatable bonds is 2. The van der Waals surface area contributed by atoms with Gasteiger partial charge in [-0.15, -0.1) is 0 Å². The molecule has 2 aliphatic heterocycles. The minimum absolute atomic E-state index is 0.0218. The van der Waals surface area contributed by atoms with E-state index < -0.39 is 54.2 Å². The number of fused-ring (bicyclic) bond motifs is 2. The number of aliphatic hydroxyl groups excluding tert-OH is 3. The van der Waals surface area contributed by atoms with Gasteiger partial charge in [0.25, 0.3) is 0 Å². The molecule has 3 N–H and O–H groups in total. The number of hydrogen-bond donors (Lipinski definition) is 3. The summed E-state index contributed by atoms with van der Waals surface area (Å²) in [6.07, 6.45) is 6.81. The van der Waals surface area contributed by atoms with E-state index in [1.54, 1.807) is 18.2 Å². The first-order chi connectivity index (χ1) is 17.5. The molecule has 7 heteroatoms. The Morgan fingerprint density at radius 1 is 0.838 bits per heavy atom. The van der Waals surface area contributed by atoms with Crippen LogP contribution in [-0.4, -0.2) is 57.8 Å². The molecule has 0 spiro atoms. The van der Waals surface area contributed by atoms with Gasteiger partial charge in [-0.05, 0) is 83.4 Å². The summed E-state index contributed by atoms with van der Waals surface area (Å²) in [5, 5.41) is 32.5. The second kappa shape index (κ2) is 11.1. The van der Waals surface area contributed by atoms with E-state index in [0.717, 1.165) is 28.7 Å². The van der Waals surface area contributed by atoms with Gasteiger partial charge in [-0.25, -0.2) is 4.79 Å². The van der Waals surface area contributed by atoms with Gasteiger partial charge in [-0.3, -0.25) is 4.79 Å². The van der Waals surface area contributed by atoms with Gasteiger partial charge in [0.2, 0.25) is 0 Å². The number of carbonyl (C=O) groups is 2. The molecule has 2 aliphatic carbocycles. The zero-order chi connectivity index (χ0) is 27.0. The van der Waals surface area contributed by atoms with E-state index in [4.69, 9.17) is 9.47 Å². The van der Waals surface area contributed by atoms with Gasteiger partial charge in [-0.2, -0.15) is 0 Å². The Labute approximate surface area is 219 Å². The number of carbonyl (C=O) groups excluding carboxylic acids is 2. The fraction of sp³-hybridized carbons (Fsp3) is 0.600. The molecular weight excluding hydrogens is 472 g/mol. The summed E-state index contributed by atoms with van der Waals surface area (Å²) in [5.41, 5.74) is 3.95. The van der Waals surface area contributed by atoms with Gasteiger partial charge in [-0.1, -0.05) is 35.5 Å². The third-order valence-corrected chi connectivity index (χ3v) is 8.60. The molecule has 2 heterocycles. The van der Waals surface area contributed by atoms with Crippen LogP contribution in [0.5, 0.6) is 0 Å². The van der Waals surface area contributed by atoms with E-state index in [9.17, 15) is 24.9 Å². The summed E-state index contributed by atoms with van der Waals surface area (Å²) in [6.45, 7) is 11.5. The van der Waals surface area contributed by atoms with Crippen molar-refractivity contribution in [3.63, 3.8) is 0 Å².